The second-order valence-corrected chi connectivity index (χ2v) is 4.13. The quantitative estimate of drug-likeness (QED) is 0.642. The van der Waals surface area contributed by atoms with Gasteiger partial charge >= 0.3 is 0 Å². The van der Waals surface area contributed by atoms with E-state index in [9.17, 15) is 5.11 Å². The van der Waals surface area contributed by atoms with Gasteiger partial charge in [-0.25, -0.2) is 0 Å². The molecule has 0 saturated heterocycles. The van der Waals surface area contributed by atoms with E-state index in [1.54, 1.807) is 12.1 Å². The summed E-state index contributed by atoms with van der Waals surface area (Å²) in [6.45, 7) is 0.442. The molecule has 0 aliphatic rings. The molecule has 90 valence electrons. The summed E-state index contributed by atoms with van der Waals surface area (Å²) in [5.74, 6) is 0.220. The number of benzene rings is 2. The van der Waals surface area contributed by atoms with Crippen molar-refractivity contribution >= 4 is 10.9 Å². The first-order valence-corrected chi connectivity index (χ1v) is 5.75. The van der Waals surface area contributed by atoms with Crippen LogP contribution in [0.2, 0.25) is 0 Å². The zero-order valence-corrected chi connectivity index (χ0v) is 9.72. The Morgan fingerprint density at radius 3 is 2.72 bits per heavy atom. The number of aromatic nitrogens is 2. The van der Waals surface area contributed by atoms with Crippen LogP contribution in [-0.2, 0) is 6.54 Å². The minimum atomic E-state index is 0.220. The van der Waals surface area contributed by atoms with Gasteiger partial charge in [0.15, 0.2) is 0 Å². The Hall–Kier alpha value is -2.33. The molecule has 0 saturated carbocycles. The second kappa shape index (κ2) is 4.16. The number of aromatic hydroxyl groups is 1. The molecule has 1 heterocycles. The Bertz CT molecular complexity index is 703. The molecule has 3 aromatic rings. The van der Waals surface area contributed by atoms with Crippen molar-refractivity contribution in [3.63, 3.8) is 0 Å². The van der Waals surface area contributed by atoms with Crippen molar-refractivity contribution in [2.45, 2.75) is 6.54 Å². The molecule has 0 aliphatic carbocycles. The fourth-order valence-corrected chi connectivity index (χ4v) is 2.18. The topological polar surface area (TPSA) is 74.9 Å². The van der Waals surface area contributed by atoms with E-state index in [0.29, 0.717) is 12.1 Å². The summed E-state index contributed by atoms with van der Waals surface area (Å²) in [5.41, 5.74) is 9.15. The number of phenolic OH excluding ortho intramolecular Hbond substituents is 1. The number of nitrogens with zero attached hydrogens (tertiary/aromatic N) is 1. The summed E-state index contributed by atoms with van der Waals surface area (Å²) in [4.78, 5) is 0. The lowest BCUT2D eigenvalue weighted by atomic mass is 10.0. The molecule has 0 spiro atoms. The predicted molar refractivity (Wildman–Crippen MR) is 71.1 cm³/mol. The van der Waals surface area contributed by atoms with E-state index in [1.165, 1.54) is 0 Å². The van der Waals surface area contributed by atoms with Gasteiger partial charge in [0, 0.05) is 17.5 Å². The van der Waals surface area contributed by atoms with Crippen LogP contribution in [0.4, 0.5) is 0 Å². The first kappa shape index (κ1) is 10.8. The molecule has 2 aromatic carbocycles. The number of nitrogens with two attached hydrogens (primary N) is 1. The lowest BCUT2D eigenvalue weighted by molar-refractivity contribution is 0.477. The Morgan fingerprint density at radius 2 is 1.94 bits per heavy atom. The summed E-state index contributed by atoms with van der Waals surface area (Å²) >= 11 is 0. The zero-order chi connectivity index (χ0) is 12.5. The van der Waals surface area contributed by atoms with E-state index in [-0.39, 0.29) is 5.75 Å². The largest absolute Gasteiger partial charge is 0.507 e. The van der Waals surface area contributed by atoms with Crippen molar-refractivity contribution < 1.29 is 5.11 Å². The highest BCUT2D eigenvalue weighted by atomic mass is 16.3. The summed E-state index contributed by atoms with van der Waals surface area (Å²) in [7, 11) is 0. The van der Waals surface area contributed by atoms with Gasteiger partial charge < -0.3 is 10.8 Å². The molecule has 4 nitrogen and oxygen atoms in total. The van der Waals surface area contributed by atoms with Crippen molar-refractivity contribution in [1.82, 2.24) is 10.2 Å². The maximum atomic E-state index is 9.92. The van der Waals surface area contributed by atoms with Gasteiger partial charge in [0.1, 0.15) is 11.4 Å². The molecule has 1 aromatic heterocycles. The molecule has 0 atom stereocenters. The summed E-state index contributed by atoms with van der Waals surface area (Å²) in [6, 6.07) is 13.0. The van der Waals surface area contributed by atoms with Crippen LogP contribution < -0.4 is 5.73 Å². The number of hydrogen-bond acceptors (Lipinski definition) is 3. The molecule has 0 aliphatic heterocycles. The van der Waals surface area contributed by atoms with Gasteiger partial charge in [-0.15, -0.1) is 0 Å². The fraction of sp³-hybridized carbons (Fsp3) is 0.0714. The molecule has 0 unspecified atom stereocenters. The highest BCUT2D eigenvalue weighted by Crippen LogP contribution is 2.33. The van der Waals surface area contributed by atoms with Gasteiger partial charge in [-0.3, -0.25) is 5.10 Å². The molecule has 0 radical (unpaired) electrons. The molecular formula is C14H13N3O. The normalized spacial score (nSPS) is 10.9. The molecule has 18 heavy (non-hydrogen) atoms. The number of para-hydroxylation sites is 1. The van der Waals surface area contributed by atoms with Crippen molar-refractivity contribution in [2.75, 3.05) is 0 Å². The summed E-state index contributed by atoms with van der Waals surface area (Å²) in [5, 5.41) is 18.2. The van der Waals surface area contributed by atoms with E-state index < -0.39 is 0 Å². The van der Waals surface area contributed by atoms with E-state index >= 15 is 0 Å². The van der Waals surface area contributed by atoms with E-state index in [0.717, 1.165) is 22.2 Å². The van der Waals surface area contributed by atoms with Crippen LogP contribution >= 0.6 is 0 Å². The van der Waals surface area contributed by atoms with Crippen LogP contribution in [0.3, 0.4) is 0 Å². The van der Waals surface area contributed by atoms with Crippen LogP contribution in [0.25, 0.3) is 22.2 Å². The summed E-state index contributed by atoms with van der Waals surface area (Å²) < 4.78 is 0. The molecule has 4 N–H and O–H groups in total. The van der Waals surface area contributed by atoms with Gasteiger partial charge in [-0.1, -0.05) is 24.3 Å². The SMILES string of the molecule is NCc1cccc2[nH]nc(-c3ccccc3O)c12. The van der Waals surface area contributed by atoms with Gasteiger partial charge in [-0.05, 0) is 23.8 Å². The minimum absolute atomic E-state index is 0.220. The molecule has 4 heteroatoms. The smallest absolute Gasteiger partial charge is 0.125 e. The first-order chi connectivity index (χ1) is 8.81. The highest BCUT2D eigenvalue weighted by Gasteiger charge is 2.13. The summed E-state index contributed by atoms with van der Waals surface area (Å²) in [6.07, 6.45) is 0. The lowest BCUT2D eigenvalue weighted by Crippen LogP contribution is -1.96. The molecule has 3 rings (SSSR count). The third-order valence-electron chi connectivity index (χ3n) is 3.05. The molecule has 0 bridgehead atoms. The van der Waals surface area contributed by atoms with Gasteiger partial charge in [0.05, 0.1) is 5.52 Å². The van der Waals surface area contributed by atoms with Gasteiger partial charge in [0.2, 0.25) is 0 Å². The van der Waals surface area contributed by atoms with Crippen molar-refractivity contribution in [3.05, 3.63) is 48.0 Å². The highest BCUT2D eigenvalue weighted by molar-refractivity contribution is 5.96. The average molecular weight is 239 g/mol. The van der Waals surface area contributed by atoms with Gasteiger partial charge in [-0.2, -0.15) is 5.10 Å². The number of rotatable bonds is 2. The standard InChI is InChI=1S/C14H13N3O/c15-8-9-4-3-6-11-13(9)14(17-16-11)10-5-1-2-7-12(10)18/h1-7,18H,8,15H2,(H,16,17). The number of phenols is 1. The average Bonchev–Trinajstić information content (AvgIpc) is 2.83. The Balaban J connectivity index is 2.34. The second-order valence-electron chi connectivity index (χ2n) is 4.13. The zero-order valence-electron chi connectivity index (χ0n) is 9.72. The first-order valence-electron chi connectivity index (χ1n) is 5.75. The van der Waals surface area contributed by atoms with Crippen LogP contribution in [0, 0.1) is 0 Å². The van der Waals surface area contributed by atoms with Crippen LogP contribution in [-0.4, -0.2) is 15.3 Å². The number of fused-ring (bicyclic) bond motifs is 1. The third-order valence-corrected chi connectivity index (χ3v) is 3.05. The van der Waals surface area contributed by atoms with Crippen LogP contribution in [0.15, 0.2) is 42.5 Å². The number of hydrogen-bond donors (Lipinski definition) is 3. The number of aromatic amines is 1. The van der Waals surface area contributed by atoms with Crippen molar-refractivity contribution in [2.24, 2.45) is 5.73 Å². The van der Waals surface area contributed by atoms with Crippen LogP contribution in [0.5, 0.6) is 5.75 Å². The fourth-order valence-electron chi connectivity index (χ4n) is 2.18. The predicted octanol–water partition coefficient (Wildman–Crippen LogP) is 2.39. The third kappa shape index (κ3) is 1.55. The molecule has 0 amide bonds. The lowest BCUT2D eigenvalue weighted by Gasteiger charge is -2.04. The number of nitrogens with one attached hydrogen (secondary N) is 1. The van der Waals surface area contributed by atoms with Crippen molar-refractivity contribution in [3.8, 4) is 17.0 Å². The van der Waals surface area contributed by atoms with Gasteiger partial charge in [0.25, 0.3) is 0 Å². The minimum Gasteiger partial charge on any atom is -0.507 e. The maximum absolute atomic E-state index is 9.92. The Kier molecular flexibility index (Phi) is 2.50. The Morgan fingerprint density at radius 1 is 1.11 bits per heavy atom. The van der Waals surface area contributed by atoms with Crippen LogP contribution in [0.1, 0.15) is 5.56 Å². The van der Waals surface area contributed by atoms with E-state index in [4.69, 9.17) is 5.73 Å². The molecular weight excluding hydrogens is 226 g/mol. The monoisotopic (exact) mass is 239 g/mol. The van der Waals surface area contributed by atoms with E-state index in [2.05, 4.69) is 10.2 Å². The Labute approximate surface area is 104 Å². The maximum Gasteiger partial charge on any atom is 0.125 e. The molecule has 0 fully saturated rings. The number of H-pyrrole nitrogens is 1. The van der Waals surface area contributed by atoms with Crippen molar-refractivity contribution in [1.29, 1.82) is 0 Å². The van der Waals surface area contributed by atoms with E-state index in [1.807, 2.05) is 30.3 Å².